The molecule has 9 amide bonds. The number of unbranched alkanes of at least 4 members (excludes halogenated alkanes) is 1. The van der Waals surface area contributed by atoms with Gasteiger partial charge in [-0.25, -0.2) is 14.4 Å². The molecular formula is C61H81N11O16S2. The van der Waals surface area contributed by atoms with Gasteiger partial charge < -0.3 is 87.7 Å². The lowest BCUT2D eigenvalue weighted by Gasteiger charge is -2.29. The number of fused-ring (bicyclic) bond motifs is 2. The number of hydrogen-bond acceptors (Lipinski definition) is 17. The number of nitrogens with one attached hydrogen (secondary N) is 11. The average molecular weight is 1290 g/mol. The number of aliphatic hydroxyl groups excluding tert-OH is 2. The van der Waals surface area contributed by atoms with Crippen LogP contribution in [0.25, 0.3) is 21.8 Å². The van der Waals surface area contributed by atoms with E-state index in [0.717, 1.165) is 39.4 Å². The molecular weight excluding hydrogens is 1210 g/mol. The Balaban J connectivity index is 1.44. The number of H-pyrrole nitrogens is 2. The second kappa shape index (κ2) is 32.3. The number of carbonyl (C=O) groups is 10. The van der Waals surface area contributed by atoms with Crippen molar-refractivity contribution in [3.05, 3.63) is 102 Å². The number of benzene rings is 3. The van der Waals surface area contributed by atoms with Crippen molar-refractivity contribution in [1.29, 1.82) is 0 Å². The van der Waals surface area contributed by atoms with Gasteiger partial charge in [-0.05, 0) is 116 Å². The molecule has 1 aliphatic heterocycles. The van der Waals surface area contributed by atoms with Gasteiger partial charge in [-0.1, -0.05) is 70.1 Å². The zero-order valence-electron chi connectivity index (χ0n) is 51.2. The molecule has 3 heterocycles. The molecule has 1 aliphatic rings. The van der Waals surface area contributed by atoms with Crippen LogP contribution in [0.2, 0.25) is 0 Å². The molecule has 0 radical (unpaired) electrons. The highest BCUT2D eigenvalue weighted by molar-refractivity contribution is 8.76. The maximum Gasteiger partial charge on any atom is 0.408 e. The van der Waals surface area contributed by atoms with Crippen molar-refractivity contribution in [1.82, 2.24) is 57.8 Å². The number of aromatic amines is 2. The molecule has 27 nitrogen and oxygen atoms in total. The Morgan fingerprint density at radius 3 is 1.78 bits per heavy atom. The Morgan fingerprint density at radius 1 is 0.633 bits per heavy atom. The van der Waals surface area contributed by atoms with Crippen LogP contribution < -0.4 is 47.9 Å². The summed E-state index contributed by atoms with van der Waals surface area (Å²) >= 11 is 0. The summed E-state index contributed by atoms with van der Waals surface area (Å²) in [6, 6.07) is 7.01. The van der Waals surface area contributed by atoms with Crippen LogP contribution in [0.5, 0.6) is 5.75 Å². The minimum absolute atomic E-state index is 0.0694. The van der Waals surface area contributed by atoms with Crippen molar-refractivity contribution in [2.75, 3.05) is 18.1 Å². The molecule has 488 valence electrons. The van der Waals surface area contributed by atoms with E-state index < -0.39 is 137 Å². The van der Waals surface area contributed by atoms with E-state index in [4.69, 9.17) is 9.47 Å². The van der Waals surface area contributed by atoms with E-state index >= 15 is 14.4 Å². The fraction of sp³-hybridized carbons (Fsp3) is 0.475. The maximum atomic E-state index is 15.1. The summed E-state index contributed by atoms with van der Waals surface area (Å²) in [6.45, 7) is 12.3. The molecule has 5 aromatic rings. The molecule has 90 heavy (non-hydrogen) atoms. The van der Waals surface area contributed by atoms with Crippen molar-refractivity contribution in [3.63, 3.8) is 0 Å². The monoisotopic (exact) mass is 1290 g/mol. The summed E-state index contributed by atoms with van der Waals surface area (Å²) in [5, 5.41) is 66.4. The van der Waals surface area contributed by atoms with E-state index in [1.807, 2.05) is 18.2 Å². The highest BCUT2D eigenvalue weighted by atomic mass is 33.1. The van der Waals surface area contributed by atoms with Gasteiger partial charge in [-0.2, -0.15) is 0 Å². The molecule has 0 unspecified atom stereocenters. The molecule has 15 N–H and O–H groups in total. The number of phenolic OH excluding ortho intramolecular Hbond substituents is 1. The minimum Gasteiger partial charge on any atom is -0.508 e. The smallest absolute Gasteiger partial charge is 0.408 e. The van der Waals surface area contributed by atoms with Crippen LogP contribution in [0, 0.1) is 0 Å². The third-order valence-corrected chi connectivity index (χ3v) is 16.4. The molecule has 2 aromatic heterocycles. The topological polar surface area (TPSA) is 410 Å². The Kier molecular flexibility index (Phi) is 25.3. The van der Waals surface area contributed by atoms with Gasteiger partial charge >= 0.3 is 18.2 Å². The normalized spacial score (nSPS) is 20.7. The Morgan fingerprint density at radius 2 is 1.18 bits per heavy atom. The molecule has 10 atom stereocenters. The van der Waals surface area contributed by atoms with Crippen LogP contribution >= 0.6 is 21.6 Å². The molecule has 3 aromatic carbocycles. The molecule has 29 heteroatoms. The summed E-state index contributed by atoms with van der Waals surface area (Å²) in [4.78, 5) is 148. The lowest BCUT2D eigenvalue weighted by Crippen LogP contribution is -2.62. The number of carboxylic acids is 1. The number of amides is 9. The van der Waals surface area contributed by atoms with Crippen molar-refractivity contribution in [3.8, 4) is 5.75 Å². The Hall–Kier alpha value is -8.54. The van der Waals surface area contributed by atoms with E-state index in [2.05, 4.69) is 57.8 Å². The molecule has 6 rings (SSSR count). The number of aliphatic carboxylic acids is 1. The van der Waals surface area contributed by atoms with Gasteiger partial charge in [0.05, 0.1) is 12.2 Å². The molecule has 0 spiro atoms. The minimum atomic E-state index is -1.88. The zero-order chi connectivity index (χ0) is 66.0. The van der Waals surface area contributed by atoms with E-state index in [1.54, 1.807) is 84.3 Å². The average Bonchev–Trinajstić information content (AvgIpc) is 2.62. The number of para-hydroxylation sites is 2. The molecule has 1 fully saturated rings. The fourth-order valence-electron chi connectivity index (χ4n) is 9.48. The summed E-state index contributed by atoms with van der Waals surface area (Å²) in [5.74, 6) is -9.53. The first-order valence-electron chi connectivity index (χ1n) is 29.3. The van der Waals surface area contributed by atoms with Gasteiger partial charge in [0.2, 0.25) is 41.4 Å². The van der Waals surface area contributed by atoms with E-state index in [-0.39, 0.29) is 56.6 Å². The first-order chi connectivity index (χ1) is 42.4. The Labute approximate surface area is 527 Å². The number of phenols is 1. The number of carbonyl (C=O) groups excluding carboxylic acids is 9. The van der Waals surface area contributed by atoms with Gasteiger partial charge in [0, 0.05) is 71.5 Å². The van der Waals surface area contributed by atoms with Gasteiger partial charge in [-0.15, -0.1) is 0 Å². The van der Waals surface area contributed by atoms with Crippen LogP contribution in [0.4, 0.5) is 9.59 Å². The van der Waals surface area contributed by atoms with E-state index in [9.17, 15) is 54.0 Å². The zero-order valence-corrected chi connectivity index (χ0v) is 52.9. The molecule has 1 saturated heterocycles. The lowest BCUT2D eigenvalue weighted by molar-refractivity contribution is -0.145. The number of aromatic hydroxyl groups is 1. The SMILES string of the molecule is C[C@@H](O)[C@H](NC(=O)[C@@H]1CSSC[C@H](NC(=O)[C@@H](Cc2c[nH]c3ccccc23)NC(=O)OC(C)(C)C)C(=O)N[C@@H](Cc2ccc(O)cc2)C(=O)N[C@H](Cc2c[nH]c3ccccc23)C(=O)N[C@@H](CCCCNC(=O)OC(C)(C)C)C(=O)N[C@@H]([C@@H](C)O)C(=O)N1)C(=O)O. The second-order valence-corrected chi connectivity index (χ2v) is 26.3. The van der Waals surface area contributed by atoms with Crippen molar-refractivity contribution < 1.29 is 77.8 Å². The second-order valence-electron chi connectivity index (χ2n) is 23.8. The Bertz CT molecular complexity index is 3340. The standard InChI is InChI=1S/C61H81N11O16S2/c1-32(73)48-56(82)69-47(55(81)72-49(33(2)74)57(83)84)31-90-89-30-46(68-53(79)45(70-59(86)88-61(6,7)8)27-36-29-64-41-18-12-10-16-39(36)41)54(80)66-43(25-34-20-22-37(75)23-21-34)51(77)67-44(26-35-28-63-40-17-11-9-15-38(35)40)52(78)65-42(50(76)71-48)19-13-14-24-62-58(85)87-60(3,4)5/h9-12,15-18,20-23,28-29,32-33,42-49,63-64,73-75H,13-14,19,24-27,30-31H2,1-8H3,(H,62,85)(H,65,78)(H,66,80)(H,67,77)(H,68,79)(H,69,82)(H,70,86)(H,71,76)(H,72,81)(H,83,84)/t32-,33-,42+,43+,44-,45-,46+,47+,48+,49+/m1/s1. The van der Waals surface area contributed by atoms with Crippen LogP contribution in [0.1, 0.15) is 91.3 Å². The van der Waals surface area contributed by atoms with Gasteiger partial charge in [0.25, 0.3) is 0 Å². The largest absolute Gasteiger partial charge is 0.508 e. The quantitative estimate of drug-likeness (QED) is 0.0417. The maximum absolute atomic E-state index is 15.1. The predicted octanol–water partition coefficient (Wildman–Crippen LogP) is 2.61. The highest BCUT2D eigenvalue weighted by Gasteiger charge is 2.38. The number of alkyl carbamates (subject to hydrolysis) is 2. The first-order valence-corrected chi connectivity index (χ1v) is 31.7. The predicted molar refractivity (Wildman–Crippen MR) is 336 cm³/mol. The van der Waals surface area contributed by atoms with Gasteiger partial charge in [0.1, 0.15) is 59.2 Å². The highest BCUT2D eigenvalue weighted by Crippen LogP contribution is 2.26. The number of aromatic nitrogens is 2. The molecule has 0 bridgehead atoms. The van der Waals surface area contributed by atoms with Crippen molar-refractivity contribution in [2.24, 2.45) is 0 Å². The molecule has 0 aliphatic carbocycles. The number of carboxylic acid groups (broad SMARTS) is 1. The number of rotatable bonds is 19. The lowest BCUT2D eigenvalue weighted by atomic mass is 10.0. The van der Waals surface area contributed by atoms with Crippen LogP contribution in [0.15, 0.2) is 85.2 Å². The summed E-state index contributed by atoms with van der Waals surface area (Å²) in [5.41, 5.74) is 1.17. The third-order valence-electron chi connectivity index (χ3n) is 14.0. The fourth-order valence-corrected chi connectivity index (χ4v) is 11.8. The van der Waals surface area contributed by atoms with Gasteiger partial charge in [-0.3, -0.25) is 33.6 Å². The molecule has 0 saturated carbocycles. The third kappa shape index (κ3) is 21.6. The first kappa shape index (κ1) is 70.5. The number of aliphatic hydroxyl groups is 2. The van der Waals surface area contributed by atoms with Crippen LogP contribution in [-0.2, 0) is 67.1 Å². The van der Waals surface area contributed by atoms with E-state index in [1.165, 1.54) is 31.2 Å². The van der Waals surface area contributed by atoms with Crippen molar-refractivity contribution in [2.45, 2.75) is 166 Å². The summed E-state index contributed by atoms with van der Waals surface area (Å²) in [6.07, 6.45) is -2.10. The van der Waals surface area contributed by atoms with Crippen LogP contribution in [-0.4, -0.2) is 180 Å². The van der Waals surface area contributed by atoms with Crippen LogP contribution in [0.3, 0.4) is 0 Å². The summed E-state index contributed by atoms with van der Waals surface area (Å²) < 4.78 is 10.9. The summed E-state index contributed by atoms with van der Waals surface area (Å²) in [7, 11) is 1.73. The number of hydrogen-bond donors (Lipinski definition) is 15. The number of ether oxygens (including phenoxy) is 2. The van der Waals surface area contributed by atoms with Crippen molar-refractivity contribution >= 4 is 103 Å². The van der Waals surface area contributed by atoms with E-state index in [0.29, 0.717) is 27.6 Å². The van der Waals surface area contributed by atoms with Gasteiger partial charge in [0.15, 0.2) is 6.04 Å².